The highest BCUT2D eigenvalue weighted by atomic mass is 16.6. The molecule has 148 valence electrons. The molecule has 4 nitrogen and oxygen atoms in total. The van der Waals surface area contributed by atoms with E-state index in [2.05, 4.69) is 38.9 Å². The van der Waals surface area contributed by atoms with Gasteiger partial charge in [0.15, 0.2) is 0 Å². The average molecular weight is 372 g/mol. The topological polar surface area (TPSA) is 51.0 Å². The van der Waals surface area contributed by atoms with Gasteiger partial charge in [-0.25, -0.2) is 0 Å². The van der Waals surface area contributed by atoms with Crippen LogP contribution in [0.25, 0.3) is 0 Å². The van der Waals surface area contributed by atoms with Crippen molar-refractivity contribution in [1.82, 2.24) is 0 Å². The molecule has 0 saturated carbocycles. The van der Waals surface area contributed by atoms with Crippen molar-refractivity contribution in [1.29, 1.82) is 0 Å². The molecular formula is C23H33NO3. The van der Waals surface area contributed by atoms with Crippen molar-refractivity contribution >= 4 is 5.71 Å². The molecule has 2 aliphatic rings. The van der Waals surface area contributed by atoms with E-state index in [0.29, 0.717) is 17.6 Å². The number of phenols is 1. The third-order valence-electron chi connectivity index (χ3n) is 5.99. The zero-order valence-electron chi connectivity index (χ0n) is 17.5. The minimum absolute atomic E-state index is 0.0871. The van der Waals surface area contributed by atoms with Gasteiger partial charge >= 0.3 is 0 Å². The smallest absolute Gasteiger partial charge is 0.127 e. The molecular weight excluding hydrogens is 338 g/mol. The van der Waals surface area contributed by atoms with E-state index < -0.39 is 0 Å². The fourth-order valence-electron chi connectivity index (χ4n) is 4.45. The third kappa shape index (κ3) is 3.99. The fourth-order valence-corrected chi connectivity index (χ4v) is 4.45. The maximum Gasteiger partial charge on any atom is 0.127 e. The quantitative estimate of drug-likeness (QED) is 0.396. The molecule has 0 radical (unpaired) electrons. The first-order chi connectivity index (χ1) is 12.7. The van der Waals surface area contributed by atoms with Gasteiger partial charge in [0.1, 0.15) is 23.2 Å². The highest BCUT2D eigenvalue weighted by Gasteiger charge is 2.45. The molecule has 1 unspecified atom stereocenters. The second-order valence-corrected chi connectivity index (χ2v) is 8.70. The Morgan fingerprint density at radius 1 is 1.41 bits per heavy atom. The van der Waals surface area contributed by atoms with Gasteiger partial charge in [-0.05, 0) is 66.0 Å². The van der Waals surface area contributed by atoms with E-state index in [-0.39, 0.29) is 11.7 Å². The predicted octanol–water partition coefficient (Wildman–Crippen LogP) is 5.93. The Morgan fingerprint density at radius 3 is 2.85 bits per heavy atom. The standard InChI is InChI=1S/C23H33NO3/c1-7-8-15(3)27-24-16(4)17-12-20(25)22-18-11-14(2)9-10-19(18)23(5,6)26-21(22)13-17/h9,12-13,15,18-19,25H,7-8,10-11H2,1-6H3/b24-16-/t15?,18-,19-/m0/s1. The minimum atomic E-state index is -0.267. The number of benzene rings is 1. The minimum Gasteiger partial charge on any atom is -0.507 e. The summed E-state index contributed by atoms with van der Waals surface area (Å²) in [4.78, 5) is 5.58. The van der Waals surface area contributed by atoms with Crippen LogP contribution < -0.4 is 4.74 Å². The third-order valence-corrected chi connectivity index (χ3v) is 5.99. The van der Waals surface area contributed by atoms with Gasteiger partial charge in [-0.2, -0.15) is 0 Å². The van der Waals surface area contributed by atoms with E-state index in [9.17, 15) is 5.11 Å². The van der Waals surface area contributed by atoms with Gasteiger partial charge in [0.25, 0.3) is 0 Å². The van der Waals surface area contributed by atoms with Crippen LogP contribution in [0.2, 0.25) is 0 Å². The van der Waals surface area contributed by atoms with Crippen molar-refractivity contribution in [3.8, 4) is 11.5 Å². The lowest BCUT2D eigenvalue weighted by molar-refractivity contribution is 0.00759. The lowest BCUT2D eigenvalue weighted by atomic mass is 9.67. The molecule has 1 aliphatic carbocycles. The van der Waals surface area contributed by atoms with Gasteiger partial charge in [-0.15, -0.1) is 0 Å². The molecule has 0 bridgehead atoms. The average Bonchev–Trinajstić information content (AvgIpc) is 2.58. The molecule has 1 aliphatic heterocycles. The van der Waals surface area contributed by atoms with Crippen molar-refractivity contribution in [2.45, 2.75) is 84.8 Å². The molecule has 27 heavy (non-hydrogen) atoms. The Kier molecular flexibility index (Phi) is 5.55. The van der Waals surface area contributed by atoms with Crippen LogP contribution in [-0.2, 0) is 4.84 Å². The second-order valence-electron chi connectivity index (χ2n) is 8.70. The summed E-state index contributed by atoms with van der Waals surface area (Å²) in [6.45, 7) is 12.5. The summed E-state index contributed by atoms with van der Waals surface area (Å²) in [7, 11) is 0. The van der Waals surface area contributed by atoms with E-state index in [1.54, 1.807) is 6.07 Å². The number of aromatic hydroxyl groups is 1. The normalized spacial score (nSPS) is 25.0. The van der Waals surface area contributed by atoms with Gasteiger partial charge in [0.05, 0.1) is 5.71 Å². The van der Waals surface area contributed by atoms with E-state index in [0.717, 1.165) is 48.3 Å². The Hall–Kier alpha value is -1.97. The summed E-state index contributed by atoms with van der Waals surface area (Å²) in [5.74, 6) is 1.75. The Bertz CT molecular complexity index is 763. The number of ether oxygens (including phenoxy) is 1. The van der Waals surface area contributed by atoms with Crippen LogP contribution in [0.15, 0.2) is 28.9 Å². The SMILES string of the molecule is CCCC(C)O/N=C(/C)c1cc(O)c2c(c1)OC(C)(C)[C@H]1CC=C(C)C[C@H]21. The van der Waals surface area contributed by atoms with Gasteiger partial charge < -0.3 is 14.7 Å². The molecule has 1 N–H and O–H groups in total. The number of allylic oxidation sites excluding steroid dienone is 2. The summed E-state index contributed by atoms with van der Waals surface area (Å²) < 4.78 is 6.37. The first-order valence-corrected chi connectivity index (χ1v) is 10.1. The number of fused-ring (bicyclic) bond motifs is 3. The first kappa shape index (κ1) is 19.8. The molecule has 0 saturated heterocycles. The Balaban J connectivity index is 1.94. The monoisotopic (exact) mass is 371 g/mol. The largest absolute Gasteiger partial charge is 0.507 e. The molecule has 4 heteroatoms. The van der Waals surface area contributed by atoms with E-state index in [1.165, 1.54) is 5.57 Å². The van der Waals surface area contributed by atoms with Gasteiger partial charge in [-0.1, -0.05) is 30.1 Å². The zero-order chi connectivity index (χ0) is 19.8. The number of rotatable bonds is 5. The highest BCUT2D eigenvalue weighted by molar-refractivity contribution is 5.99. The maximum absolute atomic E-state index is 10.8. The van der Waals surface area contributed by atoms with Crippen molar-refractivity contribution in [3.05, 3.63) is 34.9 Å². The van der Waals surface area contributed by atoms with Crippen LogP contribution in [0, 0.1) is 5.92 Å². The molecule has 0 fully saturated rings. The molecule has 1 aromatic rings. The van der Waals surface area contributed by atoms with Crippen molar-refractivity contribution < 1.29 is 14.7 Å². The summed E-state index contributed by atoms with van der Waals surface area (Å²) in [5.41, 5.74) is 3.66. The van der Waals surface area contributed by atoms with Gasteiger partial charge in [0, 0.05) is 23.0 Å². The molecule has 0 amide bonds. The molecule has 1 heterocycles. The number of hydrogen-bond acceptors (Lipinski definition) is 4. The molecule has 0 aromatic heterocycles. The van der Waals surface area contributed by atoms with Crippen molar-refractivity contribution in [3.63, 3.8) is 0 Å². The summed E-state index contributed by atoms with van der Waals surface area (Å²) in [6.07, 6.45) is 6.40. The van der Waals surface area contributed by atoms with Crippen LogP contribution >= 0.6 is 0 Å². The second kappa shape index (κ2) is 7.57. The van der Waals surface area contributed by atoms with E-state index in [4.69, 9.17) is 9.57 Å². The number of nitrogens with zero attached hydrogens (tertiary/aromatic N) is 1. The number of phenolic OH excluding ortho intramolecular Hbond substituents is 1. The van der Waals surface area contributed by atoms with E-state index in [1.807, 2.05) is 19.9 Å². The van der Waals surface area contributed by atoms with E-state index >= 15 is 0 Å². The van der Waals surface area contributed by atoms with Gasteiger partial charge in [-0.3, -0.25) is 0 Å². The lowest BCUT2D eigenvalue weighted by Crippen LogP contribution is -2.45. The van der Waals surface area contributed by atoms with Crippen LogP contribution in [0.3, 0.4) is 0 Å². The van der Waals surface area contributed by atoms with Crippen LogP contribution in [0.4, 0.5) is 0 Å². The Morgan fingerprint density at radius 2 is 2.15 bits per heavy atom. The van der Waals surface area contributed by atoms with Crippen LogP contribution in [-0.4, -0.2) is 22.5 Å². The zero-order valence-corrected chi connectivity index (χ0v) is 17.5. The summed E-state index contributed by atoms with van der Waals surface area (Å²) in [5, 5.41) is 15.1. The molecule has 1 aromatic carbocycles. The first-order valence-electron chi connectivity index (χ1n) is 10.1. The Labute approximate surface area is 163 Å². The van der Waals surface area contributed by atoms with Crippen LogP contribution in [0.1, 0.15) is 84.3 Å². The molecule has 3 atom stereocenters. The summed E-state index contributed by atoms with van der Waals surface area (Å²) >= 11 is 0. The highest BCUT2D eigenvalue weighted by Crippen LogP contribution is 2.54. The maximum atomic E-state index is 10.8. The van der Waals surface area contributed by atoms with Gasteiger partial charge in [0.2, 0.25) is 0 Å². The number of hydrogen-bond donors (Lipinski definition) is 1. The predicted molar refractivity (Wildman–Crippen MR) is 110 cm³/mol. The van der Waals surface area contributed by atoms with Crippen molar-refractivity contribution in [2.24, 2.45) is 11.1 Å². The van der Waals surface area contributed by atoms with Crippen LogP contribution in [0.5, 0.6) is 11.5 Å². The lowest BCUT2D eigenvalue weighted by Gasteiger charge is -2.47. The molecule has 3 rings (SSSR count). The van der Waals surface area contributed by atoms with Crippen molar-refractivity contribution in [2.75, 3.05) is 0 Å². The summed E-state index contributed by atoms with van der Waals surface area (Å²) in [6, 6.07) is 3.81. The molecule has 0 spiro atoms. The number of oxime groups is 1. The fraction of sp³-hybridized carbons (Fsp3) is 0.609.